The first-order chi connectivity index (χ1) is 31.0. The molecule has 64 heavy (non-hydrogen) atoms. The molecule has 12 rings (SSSR count). The third-order valence-electron chi connectivity index (χ3n) is 13.6. The van der Waals surface area contributed by atoms with Crippen LogP contribution in [0.3, 0.4) is 0 Å². The number of fused-ring (bicyclic) bond motifs is 4. The first-order valence-electron chi connectivity index (χ1n) is 21.2. The van der Waals surface area contributed by atoms with E-state index in [0.717, 1.165) is 36.0 Å². The molecule has 2 saturated heterocycles. The normalized spacial score (nSPS) is 22.4. The molecule has 0 N–H and O–H groups in total. The number of alkyl halides is 3. The Labute approximate surface area is 360 Å². The van der Waals surface area contributed by atoms with Crippen LogP contribution >= 0.6 is 0 Å². The highest BCUT2D eigenvalue weighted by atomic mass is 19.4. The van der Waals surface area contributed by atoms with Crippen LogP contribution in [0.25, 0.3) is 22.2 Å². The number of pyridine rings is 1. The van der Waals surface area contributed by atoms with Gasteiger partial charge in [0, 0.05) is 62.1 Å². The number of halogens is 3. The molecular formula is C44H38F3N13O4. The maximum absolute atomic E-state index is 13.7. The zero-order chi connectivity index (χ0) is 43.4. The average Bonchev–Trinajstić information content (AvgIpc) is 3.77. The molecule has 0 spiro atoms. The van der Waals surface area contributed by atoms with Gasteiger partial charge in [-0.25, -0.2) is 19.9 Å². The molecule has 8 aromatic rings. The standard InChI is InChI=1S/C44H38F3N13O4/c1-23-9-11-48-38-34(23)42(61)59(21-49-38)18-32-52-39(54-63-32)35-28-14-57(15-29(28)35)26-7-5-24(6-8-26)10-12-56-20-50-41-37(56)43(62)60(22-51-41)19-33-53-40(55-64-33)36-30-16-58(17-31(30)36)27-4-2-3-25(13-27)44(45,46)47/h2-9,11,13,20-22,28-31,35-36H,10,12,14-19H2,1H3. The maximum atomic E-state index is 13.7. The number of anilines is 2. The average molecular weight is 870 g/mol. The van der Waals surface area contributed by atoms with Crippen molar-refractivity contribution in [2.75, 3.05) is 36.0 Å². The van der Waals surface area contributed by atoms with E-state index < -0.39 is 11.7 Å². The lowest BCUT2D eigenvalue weighted by atomic mass is 10.1. The van der Waals surface area contributed by atoms with Crippen molar-refractivity contribution in [1.29, 1.82) is 0 Å². The van der Waals surface area contributed by atoms with Gasteiger partial charge in [0.05, 0.1) is 17.3 Å². The fraction of sp³-hybridized carbons (Fsp3) is 0.364. The van der Waals surface area contributed by atoms with Gasteiger partial charge in [-0.1, -0.05) is 28.5 Å². The fourth-order valence-corrected chi connectivity index (χ4v) is 10.1. The second-order valence-corrected chi connectivity index (χ2v) is 17.4. The van der Waals surface area contributed by atoms with E-state index >= 15 is 0 Å². The first kappa shape index (κ1) is 38.4. The van der Waals surface area contributed by atoms with Crippen molar-refractivity contribution in [2.24, 2.45) is 23.7 Å². The Balaban J connectivity index is 0.643. The van der Waals surface area contributed by atoms with E-state index in [1.54, 1.807) is 24.7 Å². The van der Waals surface area contributed by atoms with Gasteiger partial charge in [0.1, 0.15) is 25.7 Å². The summed E-state index contributed by atoms with van der Waals surface area (Å²) in [5.74, 6) is 3.44. The van der Waals surface area contributed by atoms with Crippen LogP contribution in [0.2, 0.25) is 0 Å². The molecule has 20 heteroatoms. The topological polar surface area (TPSA) is 185 Å². The van der Waals surface area contributed by atoms with Crippen LogP contribution in [-0.4, -0.2) is 80.1 Å². The van der Waals surface area contributed by atoms with E-state index in [9.17, 15) is 22.8 Å². The van der Waals surface area contributed by atoms with Crippen molar-refractivity contribution in [2.45, 2.75) is 51.0 Å². The lowest BCUT2D eigenvalue weighted by Crippen LogP contribution is -2.24. The molecule has 2 aromatic carbocycles. The Morgan fingerprint density at radius 1 is 0.672 bits per heavy atom. The summed E-state index contributed by atoms with van der Waals surface area (Å²) < 4.78 is 55.7. The minimum Gasteiger partial charge on any atom is -0.371 e. The molecule has 4 atom stereocenters. The number of aromatic nitrogens is 11. The molecule has 4 aliphatic rings. The Bertz CT molecular complexity index is 3210. The Hall–Kier alpha value is -7.25. The number of rotatable bonds is 11. The number of aryl methyl sites for hydroxylation is 3. The molecule has 324 valence electrons. The van der Waals surface area contributed by atoms with Crippen molar-refractivity contribution in [1.82, 2.24) is 53.9 Å². The molecule has 4 fully saturated rings. The SMILES string of the molecule is Cc1ccnc2ncn(Cc3nc(C4C5CN(c6ccc(CCn7cnc8ncn(Cc9nc(C%10C%11CN(c%12cccc(C(F)(F)F)c%12)CC%11%10)no9)c(=O)c87)cc6)CC54)no3)c(=O)c12. The molecule has 0 amide bonds. The van der Waals surface area contributed by atoms with Gasteiger partial charge in [-0.2, -0.15) is 23.1 Å². The summed E-state index contributed by atoms with van der Waals surface area (Å²) >= 11 is 0. The van der Waals surface area contributed by atoms with Crippen LogP contribution in [0.1, 0.15) is 52.0 Å². The zero-order valence-corrected chi connectivity index (χ0v) is 34.2. The highest BCUT2D eigenvalue weighted by Gasteiger charge is 2.59. The predicted octanol–water partition coefficient (Wildman–Crippen LogP) is 4.83. The molecule has 2 aliphatic heterocycles. The highest BCUT2D eigenvalue weighted by Crippen LogP contribution is 2.59. The summed E-state index contributed by atoms with van der Waals surface area (Å²) in [5.41, 5.74) is 3.66. The largest absolute Gasteiger partial charge is 0.416 e. The van der Waals surface area contributed by atoms with E-state index in [2.05, 4.69) is 69.4 Å². The van der Waals surface area contributed by atoms with Gasteiger partial charge < -0.3 is 23.4 Å². The highest BCUT2D eigenvalue weighted by molar-refractivity contribution is 5.76. The summed E-state index contributed by atoms with van der Waals surface area (Å²) in [6, 6.07) is 15.7. The Morgan fingerprint density at radius 3 is 1.88 bits per heavy atom. The van der Waals surface area contributed by atoms with Crippen LogP contribution in [0.4, 0.5) is 24.5 Å². The maximum Gasteiger partial charge on any atom is 0.416 e. The fourth-order valence-electron chi connectivity index (χ4n) is 10.1. The molecule has 4 unspecified atom stereocenters. The molecule has 2 aliphatic carbocycles. The zero-order valence-electron chi connectivity index (χ0n) is 34.2. The predicted molar refractivity (Wildman–Crippen MR) is 223 cm³/mol. The number of nitrogens with zero attached hydrogens (tertiary/aromatic N) is 13. The van der Waals surface area contributed by atoms with Crippen molar-refractivity contribution >= 4 is 33.6 Å². The monoisotopic (exact) mass is 869 g/mol. The third-order valence-corrected chi connectivity index (χ3v) is 13.6. The quantitative estimate of drug-likeness (QED) is 0.172. The number of hydrogen-bond donors (Lipinski definition) is 0. The van der Waals surface area contributed by atoms with E-state index in [0.29, 0.717) is 83.3 Å². The molecule has 6 aromatic heterocycles. The summed E-state index contributed by atoms with van der Waals surface area (Å²) in [6.07, 6.45) is 2.45. The Morgan fingerprint density at radius 2 is 1.25 bits per heavy atom. The Kier molecular flexibility index (Phi) is 8.64. The molecule has 17 nitrogen and oxygen atoms in total. The molecule has 0 radical (unpaired) electrons. The van der Waals surface area contributed by atoms with Crippen molar-refractivity contribution in [3.05, 3.63) is 141 Å². The molecular weight excluding hydrogens is 832 g/mol. The summed E-state index contributed by atoms with van der Waals surface area (Å²) in [7, 11) is 0. The minimum atomic E-state index is -4.39. The number of hydrogen-bond acceptors (Lipinski definition) is 14. The summed E-state index contributed by atoms with van der Waals surface area (Å²) in [6.45, 7) is 5.56. The number of benzene rings is 2. The van der Waals surface area contributed by atoms with E-state index in [4.69, 9.17) is 9.05 Å². The third kappa shape index (κ3) is 6.61. The van der Waals surface area contributed by atoms with E-state index in [1.165, 1.54) is 33.9 Å². The molecule has 2 saturated carbocycles. The van der Waals surface area contributed by atoms with Crippen molar-refractivity contribution in [3.8, 4) is 0 Å². The van der Waals surface area contributed by atoms with Crippen LogP contribution in [0.5, 0.6) is 0 Å². The second-order valence-electron chi connectivity index (χ2n) is 17.4. The molecule has 0 bridgehead atoms. The minimum absolute atomic E-state index is 0.0411. The summed E-state index contributed by atoms with van der Waals surface area (Å²) in [5, 5.41) is 8.98. The lowest BCUT2D eigenvalue weighted by molar-refractivity contribution is -0.137. The van der Waals surface area contributed by atoms with Gasteiger partial charge in [0.15, 0.2) is 28.5 Å². The van der Waals surface area contributed by atoms with Crippen LogP contribution in [0.15, 0.2) is 98.4 Å². The van der Waals surface area contributed by atoms with Gasteiger partial charge in [-0.3, -0.25) is 18.7 Å². The van der Waals surface area contributed by atoms with Gasteiger partial charge in [0.25, 0.3) is 11.1 Å². The van der Waals surface area contributed by atoms with E-state index in [-0.39, 0.29) is 53.8 Å². The van der Waals surface area contributed by atoms with Crippen molar-refractivity contribution < 1.29 is 22.2 Å². The number of imidazole rings is 1. The molecule has 8 heterocycles. The van der Waals surface area contributed by atoms with E-state index in [1.807, 2.05) is 16.4 Å². The van der Waals surface area contributed by atoms with Crippen molar-refractivity contribution in [3.63, 3.8) is 0 Å². The first-order valence-corrected chi connectivity index (χ1v) is 21.2. The lowest BCUT2D eigenvalue weighted by Gasteiger charge is -2.22. The number of piperidine rings is 2. The van der Waals surface area contributed by atoms with Gasteiger partial charge >= 0.3 is 6.18 Å². The smallest absolute Gasteiger partial charge is 0.371 e. The van der Waals surface area contributed by atoms with Gasteiger partial charge in [0.2, 0.25) is 11.8 Å². The van der Waals surface area contributed by atoms with Crippen LogP contribution in [-0.2, 0) is 32.2 Å². The van der Waals surface area contributed by atoms with Crippen LogP contribution in [0, 0.1) is 30.6 Å². The van der Waals surface area contributed by atoms with Crippen LogP contribution < -0.4 is 20.9 Å². The van der Waals surface area contributed by atoms with Gasteiger partial charge in [-0.15, -0.1) is 0 Å². The van der Waals surface area contributed by atoms with Gasteiger partial charge in [-0.05, 0) is 84.5 Å². The summed E-state index contributed by atoms with van der Waals surface area (Å²) in [4.78, 5) is 57.8. The second kappa shape index (κ2) is 14.4.